The van der Waals surface area contributed by atoms with Crippen LogP contribution in [-0.4, -0.2) is 79.0 Å². The third-order valence-corrected chi connectivity index (χ3v) is 6.60. The molecule has 204 valence electrons. The summed E-state index contributed by atoms with van der Waals surface area (Å²) in [5.74, 6) is -0.572. The Kier molecular flexibility index (Phi) is 7.71. The van der Waals surface area contributed by atoms with Gasteiger partial charge in [-0.15, -0.1) is 0 Å². The molecule has 2 aromatic heterocycles. The normalized spacial score (nSPS) is 25.6. The van der Waals surface area contributed by atoms with Gasteiger partial charge in [0, 0.05) is 6.42 Å². The molecule has 2 aliphatic heterocycles. The van der Waals surface area contributed by atoms with Crippen molar-refractivity contribution in [1.82, 2.24) is 41.4 Å². The number of nitrogens with zero attached hydrogens (tertiary/aromatic N) is 4. The number of aliphatic hydroxyl groups is 2. The summed E-state index contributed by atoms with van der Waals surface area (Å²) in [5.41, 5.74) is 16.8. The van der Waals surface area contributed by atoms with E-state index in [0.29, 0.717) is 0 Å². The highest BCUT2D eigenvalue weighted by Gasteiger charge is 2.52. The number of ether oxygens (including phenoxy) is 3. The molecule has 15 nitrogen and oxygen atoms in total. The minimum absolute atomic E-state index is 0.0607. The van der Waals surface area contributed by atoms with E-state index in [0.717, 1.165) is 5.56 Å². The largest absolute Gasteiger partial charge is 0.464 e. The number of aliphatic hydroxyl groups excluding tert-OH is 2. The van der Waals surface area contributed by atoms with Crippen LogP contribution in [0.3, 0.4) is 0 Å². The molecule has 8 N–H and O–H groups in total. The van der Waals surface area contributed by atoms with E-state index < -0.39 is 42.3 Å². The third kappa shape index (κ3) is 4.91. The van der Waals surface area contributed by atoms with Crippen LogP contribution >= 0.6 is 11.6 Å². The minimum atomic E-state index is -1.60. The lowest BCUT2D eigenvalue weighted by Gasteiger charge is -2.36. The van der Waals surface area contributed by atoms with Crippen LogP contribution in [0, 0.1) is 0 Å². The van der Waals surface area contributed by atoms with Gasteiger partial charge in [-0.25, -0.2) is 20.6 Å². The maximum atomic E-state index is 13.4. The van der Waals surface area contributed by atoms with Crippen LogP contribution in [0.5, 0.6) is 0 Å². The first-order chi connectivity index (χ1) is 18.3. The van der Waals surface area contributed by atoms with E-state index in [9.17, 15) is 15.0 Å². The third-order valence-electron chi connectivity index (χ3n) is 6.43. The fourth-order valence-electron chi connectivity index (χ4n) is 4.55. The van der Waals surface area contributed by atoms with Crippen molar-refractivity contribution in [3.63, 3.8) is 0 Å². The fourth-order valence-corrected chi connectivity index (χ4v) is 4.72. The quantitative estimate of drug-likeness (QED) is 0.122. The predicted molar refractivity (Wildman–Crippen MR) is 132 cm³/mol. The topological polar surface area (TPSA) is 203 Å². The monoisotopic (exact) mass is 549 g/mol. The number of anilines is 1. The molecule has 2 aliphatic rings. The molecule has 4 heterocycles. The second-order valence-corrected chi connectivity index (χ2v) is 9.14. The highest BCUT2D eigenvalue weighted by molar-refractivity contribution is 6.28. The Morgan fingerprint density at radius 2 is 1.95 bits per heavy atom. The Hall–Kier alpha value is -2.99. The van der Waals surface area contributed by atoms with Gasteiger partial charge in [0.05, 0.1) is 19.5 Å². The smallest absolute Gasteiger partial charge is 0.341 e. The van der Waals surface area contributed by atoms with Crippen molar-refractivity contribution in [2.75, 3.05) is 18.9 Å². The van der Waals surface area contributed by atoms with Gasteiger partial charge < -0.3 is 30.2 Å². The maximum Gasteiger partial charge on any atom is 0.341 e. The molecule has 0 aliphatic carbocycles. The summed E-state index contributed by atoms with van der Waals surface area (Å²) in [6.07, 6.45) is -4.17. The van der Waals surface area contributed by atoms with Gasteiger partial charge >= 0.3 is 5.97 Å². The van der Waals surface area contributed by atoms with Gasteiger partial charge in [0.2, 0.25) is 5.28 Å². The predicted octanol–water partition coefficient (Wildman–Crippen LogP) is -1.31. The average Bonchev–Trinajstić information content (AvgIpc) is 3.64. The number of hydrogen-bond acceptors (Lipinski definition) is 14. The summed E-state index contributed by atoms with van der Waals surface area (Å²) in [5, 5.41) is 21.6. The van der Waals surface area contributed by atoms with Gasteiger partial charge in [-0.3, -0.25) is 4.57 Å². The van der Waals surface area contributed by atoms with Crippen molar-refractivity contribution in [2.45, 2.75) is 49.7 Å². The number of benzene rings is 1. The summed E-state index contributed by atoms with van der Waals surface area (Å²) >= 11 is 5.96. The number of carbonyl (C=O) groups excluding carboxylic acids is 1. The minimum Gasteiger partial charge on any atom is -0.464 e. The highest BCUT2D eigenvalue weighted by atomic mass is 35.5. The van der Waals surface area contributed by atoms with E-state index in [4.69, 9.17) is 31.5 Å². The number of aromatic nitrogens is 4. The van der Waals surface area contributed by atoms with E-state index in [2.05, 4.69) is 36.9 Å². The molecule has 1 aromatic carbocycles. The Labute approximate surface area is 221 Å². The molecule has 0 bridgehead atoms. The number of imidazole rings is 1. The van der Waals surface area contributed by atoms with Crippen molar-refractivity contribution in [3.05, 3.63) is 47.5 Å². The van der Waals surface area contributed by atoms with Gasteiger partial charge in [0.15, 0.2) is 23.3 Å². The molecule has 38 heavy (non-hydrogen) atoms. The Morgan fingerprint density at radius 1 is 1.21 bits per heavy atom. The van der Waals surface area contributed by atoms with E-state index >= 15 is 0 Å². The zero-order chi connectivity index (χ0) is 26.9. The molecule has 5 rings (SSSR count). The molecule has 0 saturated carbocycles. The molecule has 0 spiro atoms. The number of esters is 1. The number of carbonyl (C=O) groups is 1. The number of nitrogens with two attached hydrogens (primary N) is 1. The van der Waals surface area contributed by atoms with Crippen LogP contribution in [-0.2, 0) is 25.4 Å². The number of fused-ring (bicyclic) bond motifs is 1. The number of rotatable bonds is 9. The van der Waals surface area contributed by atoms with Crippen LogP contribution in [0.2, 0.25) is 5.28 Å². The van der Waals surface area contributed by atoms with Crippen molar-refractivity contribution >= 4 is 34.6 Å². The summed E-state index contributed by atoms with van der Waals surface area (Å²) in [4.78, 5) is 25.6. The van der Waals surface area contributed by atoms with Gasteiger partial charge in [0.1, 0.15) is 30.0 Å². The molecular weight excluding hydrogens is 522 g/mol. The molecule has 0 amide bonds. The molecule has 5 atom stereocenters. The number of nitrogens with one attached hydrogen (secondary N) is 4. The number of halogens is 1. The number of nitrogen functional groups attached to an aromatic ring is 1. The summed E-state index contributed by atoms with van der Waals surface area (Å²) in [6.45, 7) is 1.54. The van der Waals surface area contributed by atoms with E-state index in [-0.39, 0.29) is 41.9 Å². The standard InChI is InChI=1S/C22H28ClN9O6/c1-2-36-20(35)22(19-28-30-31-29-19,8-11-6-4-3-5-7-11)37-9-12-14(33)15(34)18(38-12)32-10-25-13-16(24)26-21(23)27-17(13)32/h3-7,10,12,14-15,18-19,28-31,33-34H,2,8-9H2,1H3,(H2,24,26,27)/t12-,14-,15-,18-,22?/m1/s1. The van der Waals surface area contributed by atoms with E-state index in [1.807, 2.05) is 30.3 Å². The zero-order valence-corrected chi connectivity index (χ0v) is 21.0. The summed E-state index contributed by atoms with van der Waals surface area (Å²) < 4.78 is 19.1. The molecule has 2 fully saturated rings. The molecule has 0 radical (unpaired) electrons. The summed E-state index contributed by atoms with van der Waals surface area (Å²) in [7, 11) is 0. The number of hydrazine groups is 3. The average molecular weight is 550 g/mol. The highest BCUT2D eigenvalue weighted by Crippen LogP contribution is 2.34. The SMILES string of the molecule is CCOC(=O)C(Cc1ccccc1)(OC[C@H]1O[C@@H](n2cnc3c(N)nc(Cl)nc32)[C@H](O)[C@@H]1O)C1NNNN1. The lowest BCUT2D eigenvalue weighted by molar-refractivity contribution is -0.186. The Bertz CT molecular complexity index is 1280. The van der Waals surface area contributed by atoms with Gasteiger partial charge in [-0.1, -0.05) is 30.3 Å². The maximum absolute atomic E-state index is 13.4. The van der Waals surface area contributed by atoms with Crippen LogP contribution in [0.25, 0.3) is 11.2 Å². The molecule has 3 aromatic rings. The van der Waals surface area contributed by atoms with Crippen molar-refractivity contribution < 1.29 is 29.2 Å². The van der Waals surface area contributed by atoms with Gasteiger partial charge in [-0.2, -0.15) is 21.0 Å². The van der Waals surface area contributed by atoms with Crippen molar-refractivity contribution in [2.24, 2.45) is 0 Å². The van der Waals surface area contributed by atoms with Crippen LogP contribution in [0.4, 0.5) is 5.82 Å². The van der Waals surface area contributed by atoms with Crippen molar-refractivity contribution in [1.29, 1.82) is 0 Å². The Morgan fingerprint density at radius 3 is 2.66 bits per heavy atom. The van der Waals surface area contributed by atoms with Crippen LogP contribution in [0.1, 0.15) is 18.7 Å². The Balaban J connectivity index is 1.41. The molecule has 2 saturated heterocycles. The first kappa shape index (κ1) is 26.6. The lowest BCUT2D eigenvalue weighted by Crippen LogP contribution is -2.63. The second kappa shape index (κ2) is 11.0. The molecule has 16 heteroatoms. The van der Waals surface area contributed by atoms with E-state index in [1.165, 1.54) is 10.9 Å². The van der Waals surface area contributed by atoms with Crippen LogP contribution in [0.15, 0.2) is 36.7 Å². The molecule has 1 unspecified atom stereocenters. The van der Waals surface area contributed by atoms with Crippen molar-refractivity contribution in [3.8, 4) is 0 Å². The first-order valence-electron chi connectivity index (χ1n) is 11.9. The lowest BCUT2D eigenvalue weighted by atomic mass is 9.91. The summed E-state index contributed by atoms with van der Waals surface area (Å²) in [6, 6.07) is 9.27. The first-order valence-corrected chi connectivity index (χ1v) is 12.2. The second-order valence-electron chi connectivity index (χ2n) is 8.80. The fraction of sp³-hybridized carbons (Fsp3) is 0.455. The van der Waals surface area contributed by atoms with E-state index in [1.54, 1.807) is 6.92 Å². The van der Waals surface area contributed by atoms with Gasteiger partial charge in [0.25, 0.3) is 0 Å². The molecular formula is C22H28ClN9O6. The van der Waals surface area contributed by atoms with Gasteiger partial charge in [-0.05, 0) is 24.1 Å². The number of hydrogen-bond donors (Lipinski definition) is 7. The van der Waals surface area contributed by atoms with Crippen LogP contribution < -0.4 is 27.7 Å². The zero-order valence-electron chi connectivity index (χ0n) is 20.2.